The van der Waals surface area contributed by atoms with Gasteiger partial charge in [0.25, 0.3) is 5.91 Å². The number of nitrogens with one attached hydrogen (secondary N) is 2. The maximum Gasteiger partial charge on any atom is 0.328 e. The molecule has 3 N–H and O–H groups in total. The fraction of sp³-hybridized carbons (Fsp3) is 0.700. The number of Topliss-reactive ketones (excluding diaryl/α,β-unsaturated/α-hetero) is 1. The average Bonchev–Trinajstić information content (AvgIpc) is 3.54. The molecular formula is C30H42N4O6. The Balaban J connectivity index is 1.21. The SMILES string of the molecule is COC(=O)C(Cc1cnc[nH]1)NC(=O)CON=C1C=C2CCC3C(CC[C@@]4(C)C3CC[C@]4(O)C(C)=O)[C@@]2(C)CC1. The maximum absolute atomic E-state index is 12.5. The molecule has 0 bridgehead atoms. The molecule has 0 radical (unpaired) electrons. The third kappa shape index (κ3) is 4.78. The third-order valence-corrected chi connectivity index (χ3v) is 10.9. The van der Waals surface area contributed by atoms with Gasteiger partial charge in [-0.3, -0.25) is 9.59 Å². The number of hydrogen-bond donors (Lipinski definition) is 3. The van der Waals surface area contributed by atoms with Gasteiger partial charge < -0.3 is 25.0 Å². The van der Waals surface area contributed by atoms with Gasteiger partial charge in [0.05, 0.1) is 19.1 Å². The molecule has 10 nitrogen and oxygen atoms in total. The van der Waals surface area contributed by atoms with Crippen LogP contribution in [0.3, 0.4) is 0 Å². The van der Waals surface area contributed by atoms with E-state index in [9.17, 15) is 19.5 Å². The van der Waals surface area contributed by atoms with Gasteiger partial charge in [0.1, 0.15) is 11.6 Å². The second kappa shape index (κ2) is 10.8. The first kappa shape index (κ1) is 28.5. The first-order valence-electron chi connectivity index (χ1n) is 14.5. The van der Waals surface area contributed by atoms with Gasteiger partial charge in [-0.05, 0) is 87.5 Å². The van der Waals surface area contributed by atoms with E-state index in [2.05, 4.69) is 40.4 Å². The van der Waals surface area contributed by atoms with Crippen LogP contribution in [0.4, 0.5) is 0 Å². The average molecular weight is 555 g/mol. The molecule has 0 aromatic carbocycles. The van der Waals surface area contributed by atoms with Gasteiger partial charge in [-0.25, -0.2) is 9.78 Å². The van der Waals surface area contributed by atoms with Gasteiger partial charge in [-0.15, -0.1) is 0 Å². The van der Waals surface area contributed by atoms with E-state index < -0.39 is 23.5 Å². The van der Waals surface area contributed by atoms with Crippen molar-refractivity contribution >= 4 is 23.4 Å². The lowest BCUT2D eigenvalue weighted by Gasteiger charge is -2.59. The zero-order valence-electron chi connectivity index (χ0n) is 24.0. The van der Waals surface area contributed by atoms with Crippen molar-refractivity contribution in [3.8, 4) is 0 Å². The molecule has 5 rings (SSSR count). The molecule has 7 atom stereocenters. The van der Waals surface area contributed by atoms with E-state index in [0.29, 0.717) is 29.9 Å². The van der Waals surface area contributed by atoms with Crippen LogP contribution in [-0.4, -0.2) is 63.8 Å². The smallest absolute Gasteiger partial charge is 0.328 e. The van der Waals surface area contributed by atoms with Crippen molar-refractivity contribution in [3.63, 3.8) is 0 Å². The molecule has 1 heterocycles. The number of rotatable bonds is 8. The van der Waals surface area contributed by atoms with Gasteiger partial charge >= 0.3 is 5.97 Å². The molecule has 3 fully saturated rings. The fourth-order valence-corrected chi connectivity index (χ4v) is 8.60. The zero-order chi connectivity index (χ0) is 28.7. The second-order valence-electron chi connectivity index (χ2n) is 12.7. The Labute approximate surface area is 235 Å². The molecule has 1 aromatic heterocycles. The summed E-state index contributed by atoms with van der Waals surface area (Å²) in [6, 6.07) is -0.856. The summed E-state index contributed by atoms with van der Waals surface area (Å²) in [5.41, 5.74) is 1.46. The normalized spacial score (nSPS) is 36.5. The number of ether oxygens (including phenoxy) is 1. The Bertz CT molecular complexity index is 1210. The fourth-order valence-electron chi connectivity index (χ4n) is 8.60. The highest BCUT2D eigenvalue weighted by molar-refractivity contribution is 5.96. The molecule has 218 valence electrons. The molecule has 0 saturated heterocycles. The molecule has 10 heteroatoms. The van der Waals surface area contributed by atoms with Crippen LogP contribution in [0, 0.1) is 28.6 Å². The van der Waals surface area contributed by atoms with E-state index in [1.165, 1.54) is 19.0 Å². The topological polar surface area (TPSA) is 143 Å². The van der Waals surface area contributed by atoms with Gasteiger partial charge in [0.2, 0.25) is 0 Å². The number of imidazole rings is 1. The third-order valence-electron chi connectivity index (χ3n) is 10.9. The van der Waals surface area contributed by atoms with Crippen LogP contribution >= 0.6 is 0 Å². The number of methoxy groups -OCH3 is 1. The predicted molar refractivity (Wildman–Crippen MR) is 147 cm³/mol. The van der Waals surface area contributed by atoms with Crippen LogP contribution in [-0.2, 0) is 30.4 Å². The number of oxime groups is 1. The quantitative estimate of drug-likeness (QED) is 0.331. The maximum atomic E-state index is 12.5. The standard InChI is InChI=1S/C30H42N4O6/c1-18(35)30(38)12-9-24-22-6-5-19-13-20(7-10-28(19,2)23(22)8-11-29(24,30)3)34-40-16-26(36)33-25(27(37)39-4)14-21-15-31-17-32-21/h13,15,17,22-25,38H,5-12,14,16H2,1-4H3,(H,31,32)(H,33,36)/t22?,23?,24?,25?,28-,29-,30-/m0/s1. The molecule has 0 aliphatic heterocycles. The van der Waals surface area contributed by atoms with Crippen LogP contribution in [0.15, 0.2) is 29.3 Å². The van der Waals surface area contributed by atoms with E-state index in [-0.39, 0.29) is 29.6 Å². The molecule has 0 spiro atoms. The molecule has 3 saturated carbocycles. The summed E-state index contributed by atoms with van der Waals surface area (Å²) in [4.78, 5) is 49.4. The number of fused-ring (bicyclic) bond motifs is 5. The van der Waals surface area contributed by atoms with E-state index in [1.54, 1.807) is 13.1 Å². The van der Waals surface area contributed by atoms with Crippen molar-refractivity contribution in [3.05, 3.63) is 29.9 Å². The van der Waals surface area contributed by atoms with Crippen molar-refractivity contribution in [1.29, 1.82) is 0 Å². The Kier molecular flexibility index (Phi) is 7.67. The van der Waals surface area contributed by atoms with E-state index in [0.717, 1.165) is 50.7 Å². The molecule has 40 heavy (non-hydrogen) atoms. The predicted octanol–water partition coefficient (Wildman–Crippen LogP) is 3.27. The molecule has 1 aromatic rings. The Morgan fingerprint density at radius 2 is 1.95 bits per heavy atom. The number of carbonyl (C=O) groups excluding carboxylic acids is 3. The number of ketones is 1. The van der Waals surface area contributed by atoms with Crippen molar-refractivity contribution in [2.45, 2.75) is 90.2 Å². The number of carbonyl (C=O) groups is 3. The minimum Gasteiger partial charge on any atom is -0.467 e. The van der Waals surface area contributed by atoms with Crippen molar-refractivity contribution in [2.24, 2.45) is 33.7 Å². The number of amides is 1. The number of hydrogen-bond acceptors (Lipinski definition) is 8. The van der Waals surface area contributed by atoms with Crippen LogP contribution in [0.1, 0.15) is 77.8 Å². The van der Waals surface area contributed by atoms with E-state index >= 15 is 0 Å². The summed E-state index contributed by atoms with van der Waals surface area (Å²) >= 11 is 0. The Morgan fingerprint density at radius 3 is 2.65 bits per heavy atom. The molecular weight excluding hydrogens is 512 g/mol. The van der Waals surface area contributed by atoms with Crippen molar-refractivity contribution < 1.29 is 29.1 Å². The van der Waals surface area contributed by atoms with Gasteiger partial charge in [-0.1, -0.05) is 24.6 Å². The highest BCUT2D eigenvalue weighted by Crippen LogP contribution is 2.67. The summed E-state index contributed by atoms with van der Waals surface area (Å²) < 4.78 is 4.82. The summed E-state index contributed by atoms with van der Waals surface area (Å²) in [7, 11) is 1.28. The molecule has 4 unspecified atom stereocenters. The largest absolute Gasteiger partial charge is 0.467 e. The minimum absolute atomic E-state index is 0.0674. The monoisotopic (exact) mass is 554 g/mol. The van der Waals surface area contributed by atoms with Gasteiger partial charge in [0, 0.05) is 23.7 Å². The lowest BCUT2D eigenvalue weighted by atomic mass is 9.46. The number of nitrogens with zero attached hydrogens (tertiary/aromatic N) is 2. The Hall–Kier alpha value is -3.01. The Morgan fingerprint density at radius 1 is 1.18 bits per heavy atom. The summed E-state index contributed by atoms with van der Waals surface area (Å²) in [6.07, 6.45) is 12.6. The lowest BCUT2D eigenvalue weighted by molar-refractivity contribution is -0.159. The first-order valence-corrected chi connectivity index (χ1v) is 14.5. The summed E-state index contributed by atoms with van der Waals surface area (Å²) in [5, 5.41) is 18.3. The van der Waals surface area contributed by atoms with Crippen molar-refractivity contribution in [2.75, 3.05) is 13.7 Å². The van der Waals surface area contributed by atoms with Crippen molar-refractivity contribution in [1.82, 2.24) is 15.3 Å². The number of aliphatic hydroxyl groups is 1. The van der Waals surface area contributed by atoms with Crippen LogP contribution in [0.5, 0.6) is 0 Å². The van der Waals surface area contributed by atoms with E-state index in [1.807, 2.05) is 0 Å². The highest BCUT2D eigenvalue weighted by atomic mass is 16.6. The van der Waals surface area contributed by atoms with Crippen LogP contribution in [0.25, 0.3) is 0 Å². The van der Waals surface area contributed by atoms with Gasteiger partial charge in [0.15, 0.2) is 12.4 Å². The number of aromatic amines is 1. The first-order chi connectivity index (χ1) is 19.0. The highest BCUT2D eigenvalue weighted by Gasteiger charge is 2.65. The zero-order valence-corrected chi connectivity index (χ0v) is 24.0. The number of aromatic nitrogens is 2. The molecule has 1 amide bonds. The van der Waals surface area contributed by atoms with Crippen LogP contribution < -0.4 is 5.32 Å². The summed E-state index contributed by atoms with van der Waals surface area (Å²) in [6.45, 7) is 5.78. The number of H-pyrrole nitrogens is 1. The number of esters is 1. The minimum atomic E-state index is -1.19. The van der Waals surface area contributed by atoms with Gasteiger partial charge in [-0.2, -0.15) is 0 Å². The van der Waals surface area contributed by atoms with Crippen LogP contribution in [0.2, 0.25) is 0 Å². The molecule has 4 aliphatic rings. The lowest BCUT2D eigenvalue weighted by Crippen LogP contribution is -2.57. The number of allylic oxidation sites excluding steroid dienone is 2. The van der Waals surface area contributed by atoms with E-state index in [4.69, 9.17) is 9.57 Å². The second-order valence-corrected chi connectivity index (χ2v) is 12.7. The molecule has 4 aliphatic carbocycles. The summed E-state index contributed by atoms with van der Waals surface area (Å²) in [5.74, 6) is 0.325.